The van der Waals surface area contributed by atoms with E-state index in [2.05, 4.69) is 20.1 Å². The standard InChI is InChI=1S/C16H15N5O4S/c22-26(23,21-7-9-24-10-8-21)13-3-1-12(2-4-13)15-19-16(25-20-15)14-11-17-5-6-18-14/h1-6,11H,7-10H2. The van der Waals surface area contributed by atoms with Gasteiger partial charge in [-0.15, -0.1) is 0 Å². The Bertz CT molecular complexity index is 983. The maximum Gasteiger partial charge on any atom is 0.278 e. The Balaban J connectivity index is 1.57. The second-order valence-corrected chi connectivity index (χ2v) is 7.49. The van der Waals surface area contributed by atoms with Gasteiger partial charge in [0.05, 0.1) is 24.3 Å². The monoisotopic (exact) mass is 373 g/mol. The van der Waals surface area contributed by atoms with Gasteiger partial charge in [0.2, 0.25) is 15.8 Å². The highest BCUT2D eigenvalue weighted by atomic mass is 32.2. The Morgan fingerprint density at radius 3 is 2.50 bits per heavy atom. The maximum atomic E-state index is 12.6. The van der Waals surface area contributed by atoms with Crippen molar-refractivity contribution in [2.75, 3.05) is 26.3 Å². The van der Waals surface area contributed by atoms with E-state index >= 15 is 0 Å². The quantitative estimate of drug-likeness (QED) is 0.671. The molecule has 3 aromatic rings. The first-order valence-electron chi connectivity index (χ1n) is 7.93. The van der Waals surface area contributed by atoms with Crippen molar-refractivity contribution < 1.29 is 17.7 Å². The van der Waals surface area contributed by atoms with Crippen molar-refractivity contribution in [2.45, 2.75) is 4.90 Å². The fraction of sp³-hybridized carbons (Fsp3) is 0.250. The lowest BCUT2D eigenvalue weighted by molar-refractivity contribution is 0.0730. The zero-order valence-corrected chi connectivity index (χ0v) is 14.5. The summed E-state index contributed by atoms with van der Waals surface area (Å²) in [6, 6.07) is 6.38. The molecule has 0 saturated carbocycles. The molecule has 0 unspecified atom stereocenters. The molecule has 26 heavy (non-hydrogen) atoms. The van der Waals surface area contributed by atoms with E-state index in [0.29, 0.717) is 43.4 Å². The first-order chi connectivity index (χ1) is 12.6. The van der Waals surface area contributed by atoms with E-state index in [1.165, 1.54) is 16.7 Å². The van der Waals surface area contributed by atoms with Gasteiger partial charge in [-0.1, -0.05) is 5.16 Å². The van der Waals surface area contributed by atoms with Crippen molar-refractivity contribution in [2.24, 2.45) is 0 Å². The normalized spacial score (nSPS) is 15.8. The van der Waals surface area contributed by atoms with Gasteiger partial charge in [-0.2, -0.15) is 9.29 Å². The third-order valence-electron chi connectivity index (χ3n) is 3.93. The highest BCUT2D eigenvalue weighted by Gasteiger charge is 2.26. The predicted octanol–water partition coefficient (Wildman–Crippen LogP) is 1.21. The number of ether oxygens (including phenoxy) is 1. The van der Waals surface area contributed by atoms with Crippen LogP contribution in [0.25, 0.3) is 23.0 Å². The molecule has 0 amide bonds. The first kappa shape index (κ1) is 16.8. The number of hydrogen-bond acceptors (Lipinski definition) is 8. The van der Waals surface area contributed by atoms with Crippen LogP contribution in [0, 0.1) is 0 Å². The van der Waals surface area contributed by atoms with Gasteiger partial charge >= 0.3 is 0 Å². The summed E-state index contributed by atoms with van der Waals surface area (Å²) in [5.74, 6) is 0.596. The molecule has 0 radical (unpaired) electrons. The number of sulfonamides is 1. The van der Waals surface area contributed by atoms with E-state index in [9.17, 15) is 8.42 Å². The number of morpholine rings is 1. The van der Waals surface area contributed by atoms with Gasteiger partial charge in [0.25, 0.3) is 5.89 Å². The van der Waals surface area contributed by atoms with Crippen LogP contribution >= 0.6 is 0 Å². The first-order valence-corrected chi connectivity index (χ1v) is 9.37. The summed E-state index contributed by atoms with van der Waals surface area (Å²) >= 11 is 0. The molecule has 4 rings (SSSR count). The second kappa shape index (κ2) is 6.90. The van der Waals surface area contributed by atoms with E-state index in [0.717, 1.165) is 0 Å². The van der Waals surface area contributed by atoms with Crippen LogP contribution in [0.2, 0.25) is 0 Å². The van der Waals surface area contributed by atoms with E-state index in [1.54, 1.807) is 30.5 Å². The van der Waals surface area contributed by atoms with Crippen molar-refractivity contribution in [3.05, 3.63) is 42.9 Å². The van der Waals surface area contributed by atoms with Gasteiger partial charge in [0, 0.05) is 31.0 Å². The SMILES string of the molecule is O=S(=O)(c1ccc(-c2noc(-c3cnccn3)n2)cc1)N1CCOCC1. The highest BCUT2D eigenvalue weighted by molar-refractivity contribution is 7.89. The molecular weight excluding hydrogens is 358 g/mol. The molecular formula is C16H15N5O4S. The summed E-state index contributed by atoms with van der Waals surface area (Å²) in [6.45, 7) is 1.53. The van der Waals surface area contributed by atoms with Gasteiger partial charge < -0.3 is 9.26 Å². The topological polar surface area (TPSA) is 111 Å². The summed E-state index contributed by atoms with van der Waals surface area (Å²) < 4.78 is 37.1. The molecule has 0 bridgehead atoms. The lowest BCUT2D eigenvalue weighted by Gasteiger charge is -2.26. The molecule has 0 aliphatic carbocycles. The largest absolute Gasteiger partial charge is 0.379 e. The van der Waals surface area contributed by atoms with E-state index in [-0.39, 0.29) is 10.8 Å². The molecule has 1 saturated heterocycles. The Kier molecular flexibility index (Phi) is 4.45. The molecule has 134 valence electrons. The summed E-state index contributed by atoms with van der Waals surface area (Å²) in [7, 11) is -3.53. The minimum absolute atomic E-state index is 0.223. The van der Waals surface area contributed by atoms with E-state index in [1.807, 2.05) is 0 Å². The molecule has 9 nitrogen and oxygen atoms in total. The Labute approximate surface area is 149 Å². The van der Waals surface area contributed by atoms with Crippen LogP contribution in [0.4, 0.5) is 0 Å². The Morgan fingerprint density at radius 2 is 1.81 bits per heavy atom. The van der Waals surface area contributed by atoms with Gasteiger partial charge in [0.1, 0.15) is 5.69 Å². The van der Waals surface area contributed by atoms with Crippen LogP contribution in [0.3, 0.4) is 0 Å². The summed E-state index contributed by atoms with van der Waals surface area (Å²) in [5, 5.41) is 3.91. The number of hydrogen-bond donors (Lipinski definition) is 0. The molecule has 2 aromatic heterocycles. The zero-order chi connectivity index (χ0) is 18.0. The van der Waals surface area contributed by atoms with Gasteiger partial charge in [-0.05, 0) is 24.3 Å². The Hall–Kier alpha value is -2.69. The number of aromatic nitrogens is 4. The van der Waals surface area contributed by atoms with Gasteiger partial charge in [-0.25, -0.2) is 13.4 Å². The second-order valence-electron chi connectivity index (χ2n) is 5.55. The minimum Gasteiger partial charge on any atom is -0.379 e. The van der Waals surface area contributed by atoms with Gasteiger partial charge in [0.15, 0.2) is 0 Å². The summed E-state index contributed by atoms with van der Waals surface area (Å²) in [6.07, 6.45) is 4.61. The van der Waals surface area contributed by atoms with Crippen molar-refractivity contribution in [1.82, 2.24) is 24.4 Å². The molecule has 1 aliphatic heterocycles. The van der Waals surface area contributed by atoms with E-state index < -0.39 is 10.0 Å². The highest BCUT2D eigenvalue weighted by Crippen LogP contribution is 2.23. The Morgan fingerprint density at radius 1 is 1.04 bits per heavy atom. The fourth-order valence-electron chi connectivity index (χ4n) is 2.57. The maximum absolute atomic E-state index is 12.6. The van der Waals surface area contributed by atoms with Crippen LogP contribution in [0.1, 0.15) is 0 Å². The van der Waals surface area contributed by atoms with Crippen molar-refractivity contribution in [1.29, 1.82) is 0 Å². The number of benzene rings is 1. The fourth-order valence-corrected chi connectivity index (χ4v) is 3.97. The lowest BCUT2D eigenvalue weighted by Crippen LogP contribution is -2.40. The summed E-state index contributed by atoms with van der Waals surface area (Å²) in [4.78, 5) is 12.6. The van der Waals surface area contributed by atoms with Crippen LogP contribution in [0.15, 0.2) is 52.3 Å². The third kappa shape index (κ3) is 3.21. The van der Waals surface area contributed by atoms with Crippen molar-refractivity contribution in [3.63, 3.8) is 0 Å². The number of rotatable bonds is 4. The average Bonchev–Trinajstić information content (AvgIpc) is 3.20. The van der Waals surface area contributed by atoms with Crippen LogP contribution in [-0.2, 0) is 14.8 Å². The summed E-state index contributed by atoms with van der Waals surface area (Å²) in [5.41, 5.74) is 1.11. The number of nitrogens with zero attached hydrogens (tertiary/aromatic N) is 5. The molecule has 1 fully saturated rings. The molecule has 1 aromatic carbocycles. The van der Waals surface area contributed by atoms with Crippen molar-refractivity contribution >= 4 is 10.0 Å². The minimum atomic E-state index is -3.53. The third-order valence-corrected chi connectivity index (χ3v) is 5.84. The lowest BCUT2D eigenvalue weighted by atomic mass is 10.2. The molecule has 0 N–H and O–H groups in total. The smallest absolute Gasteiger partial charge is 0.278 e. The average molecular weight is 373 g/mol. The van der Waals surface area contributed by atoms with Gasteiger partial charge in [-0.3, -0.25) is 4.98 Å². The molecule has 0 spiro atoms. The molecule has 3 heterocycles. The molecule has 0 atom stereocenters. The van der Waals surface area contributed by atoms with Crippen LogP contribution in [0.5, 0.6) is 0 Å². The van der Waals surface area contributed by atoms with Crippen molar-refractivity contribution in [3.8, 4) is 23.0 Å². The molecule has 10 heteroatoms. The van der Waals surface area contributed by atoms with E-state index in [4.69, 9.17) is 9.26 Å². The molecule has 1 aliphatic rings. The van der Waals surface area contributed by atoms with Crippen LogP contribution in [-0.4, -0.2) is 59.1 Å². The zero-order valence-electron chi connectivity index (χ0n) is 13.6. The van der Waals surface area contributed by atoms with Crippen LogP contribution < -0.4 is 0 Å². The predicted molar refractivity (Wildman–Crippen MR) is 90.3 cm³/mol.